The fraction of sp³-hybridized carbons (Fsp3) is 1.00. The molecule has 0 amide bonds. The Balaban J connectivity index is 0. The summed E-state index contributed by atoms with van der Waals surface area (Å²) in [4.78, 5) is 0. The number of hydrogen-bond donors (Lipinski definition) is 0. The van der Waals surface area contributed by atoms with Gasteiger partial charge in [0.05, 0.1) is 0 Å². The van der Waals surface area contributed by atoms with Gasteiger partial charge in [0, 0.05) is 0 Å². The van der Waals surface area contributed by atoms with E-state index < -0.39 is 4.49 Å². The summed E-state index contributed by atoms with van der Waals surface area (Å²) in [6, 6.07) is 0. The largest absolute Gasteiger partial charge is 1.00 e. The average molecular weight is 123 g/mol. The summed E-state index contributed by atoms with van der Waals surface area (Å²) >= 11 is 1.35. The van der Waals surface area contributed by atoms with E-state index in [1.807, 2.05) is 0 Å². The van der Waals surface area contributed by atoms with Crippen molar-refractivity contribution in [3.63, 3.8) is 0 Å². The number of rotatable bonds is 0. The molecule has 0 N–H and O–H groups in total. The molecule has 3 heteroatoms. The van der Waals surface area contributed by atoms with E-state index in [4.69, 9.17) is 0 Å². The van der Waals surface area contributed by atoms with Crippen LogP contribution in [0.25, 0.3) is 0 Å². The molecule has 0 aromatic rings. The molecule has 0 rings (SSSR count). The van der Waals surface area contributed by atoms with Gasteiger partial charge in [0.1, 0.15) is 0 Å². The van der Waals surface area contributed by atoms with Crippen molar-refractivity contribution in [3.05, 3.63) is 0 Å². The first-order valence-electron chi connectivity index (χ1n) is 1.34. The Hall–Kier alpha value is 1.10. The van der Waals surface area contributed by atoms with Crippen molar-refractivity contribution in [2.24, 2.45) is 0 Å². The van der Waals surface area contributed by atoms with E-state index in [2.05, 4.69) is 0 Å². The Morgan fingerprint density at radius 1 is 1.80 bits per heavy atom. The van der Waals surface area contributed by atoms with E-state index in [0.29, 0.717) is 0 Å². The third kappa shape index (κ3) is 40.5. The van der Waals surface area contributed by atoms with Gasteiger partial charge in [-0.1, -0.05) is 0 Å². The molecular weight excluding hydrogens is 116 g/mol. The average Bonchev–Trinajstić information content (AvgIpc) is 0.722. The Labute approximate surface area is 47.8 Å². The van der Waals surface area contributed by atoms with Gasteiger partial charge < -0.3 is 1.43 Å². The summed E-state index contributed by atoms with van der Waals surface area (Å²) in [7, 11) is 0. The second-order valence-electron chi connectivity index (χ2n) is 1.43. The maximum absolute atomic E-state index is 10.2. The van der Waals surface area contributed by atoms with Crippen LogP contribution in [0.15, 0.2) is 0 Å². The van der Waals surface area contributed by atoms with Crippen molar-refractivity contribution in [2.45, 2.75) is 0 Å². The van der Waals surface area contributed by atoms with Crippen LogP contribution in [0.5, 0.6) is 0 Å². The molecule has 0 spiro atoms. The Kier molecular flexibility index (Phi) is 2.07. The predicted octanol–water partition coefficient (Wildman–Crippen LogP) is 1.18. The van der Waals surface area contributed by atoms with Gasteiger partial charge in [-0.3, -0.25) is 0 Å². The first kappa shape index (κ1) is 6.10. The van der Waals surface area contributed by atoms with E-state index in [1.54, 1.807) is 13.3 Å². The van der Waals surface area contributed by atoms with Crippen LogP contribution in [0.3, 0.4) is 0 Å². The van der Waals surface area contributed by atoms with Gasteiger partial charge >= 0.3 is 46.2 Å². The van der Waals surface area contributed by atoms with Gasteiger partial charge in [-0.05, 0) is 0 Å². The van der Waals surface area contributed by atoms with Crippen molar-refractivity contribution < 1.29 is 29.8 Å². The fourth-order valence-electron chi connectivity index (χ4n) is 0. The van der Waals surface area contributed by atoms with E-state index in [0.717, 1.165) is 0 Å². The van der Waals surface area contributed by atoms with E-state index >= 15 is 0 Å². The molecule has 0 aliphatic rings. The second kappa shape index (κ2) is 1.70. The Morgan fingerprint density at radius 2 is 1.80 bits per heavy atom. The van der Waals surface area contributed by atoms with E-state index in [-0.39, 0.29) is 1.43 Å². The standard InChI is InChI=1S/C2H6OP.Sc.H/c1-4(2)3;;/h1-2H3;;/q+1;2*-1. The van der Waals surface area contributed by atoms with Crippen LogP contribution in [0.2, 0.25) is 0 Å². The molecule has 0 heterocycles. The monoisotopic (exact) mass is 123 g/mol. The SMILES string of the molecule is C[P](C)(=O)[Sc].[H-]. The molecular formula is C2H7OPSc-. The zero-order chi connectivity index (χ0) is 4.50. The molecule has 0 fully saturated rings. The van der Waals surface area contributed by atoms with Gasteiger partial charge in [-0.15, -0.1) is 0 Å². The van der Waals surface area contributed by atoms with Crippen molar-refractivity contribution >= 4 is 4.49 Å². The summed E-state index contributed by atoms with van der Waals surface area (Å²) < 4.78 is 8.67. The molecule has 0 saturated heterocycles. The maximum atomic E-state index is 10.2. The molecule has 0 saturated carbocycles. The van der Waals surface area contributed by atoms with Crippen LogP contribution < -0.4 is 0 Å². The van der Waals surface area contributed by atoms with Crippen molar-refractivity contribution in [2.75, 3.05) is 13.3 Å². The zero-order valence-electron chi connectivity index (χ0n) is 4.43. The molecule has 0 aliphatic heterocycles. The Morgan fingerprint density at radius 3 is 1.80 bits per heavy atom. The molecule has 0 unspecified atom stereocenters. The third-order valence-electron chi connectivity index (χ3n) is 0. The van der Waals surface area contributed by atoms with Crippen LogP contribution >= 0.6 is 4.49 Å². The van der Waals surface area contributed by atoms with E-state index in [1.165, 1.54) is 23.8 Å². The summed E-state index contributed by atoms with van der Waals surface area (Å²) in [5, 5.41) is 0. The minimum absolute atomic E-state index is 0. The number of hydrogen-bond acceptors (Lipinski definition) is 1. The molecule has 0 aliphatic carbocycles. The van der Waals surface area contributed by atoms with Crippen LogP contribution in [0.1, 0.15) is 1.43 Å². The molecule has 1 nitrogen and oxygen atoms in total. The quantitative estimate of drug-likeness (QED) is 0.442. The topological polar surface area (TPSA) is 17.1 Å². The summed E-state index contributed by atoms with van der Waals surface area (Å²) in [6.07, 6.45) is 0. The predicted molar refractivity (Wildman–Crippen MR) is 20.6 cm³/mol. The van der Waals surface area contributed by atoms with Gasteiger partial charge in [0.15, 0.2) is 0 Å². The van der Waals surface area contributed by atoms with Crippen LogP contribution in [0.4, 0.5) is 0 Å². The summed E-state index contributed by atoms with van der Waals surface area (Å²) in [5.41, 5.74) is 0. The molecule has 5 heavy (non-hydrogen) atoms. The van der Waals surface area contributed by atoms with Crippen molar-refractivity contribution in [3.8, 4) is 0 Å². The maximum Gasteiger partial charge on any atom is -1.00 e. The van der Waals surface area contributed by atoms with Gasteiger partial charge in [0.2, 0.25) is 0 Å². The molecule has 0 radical (unpaired) electrons. The minimum Gasteiger partial charge on any atom is -1.00 e. The summed E-state index contributed by atoms with van der Waals surface area (Å²) in [5.74, 6) is 0. The fourth-order valence-corrected chi connectivity index (χ4v) is 0. The first-order chi connectivity index (χ1) is 2.00. The Bertz CT molecular complexity index is 59.7. The van der Waals surface area contributed by atoms with Crippen molar-refractivity contribution in [1.82, 2.24) is 0 Å². The van der Waals surface area contributed by atoms with Gasteiger partial charge in [-0.2, -0.15) is 0 Å². The molecule has 0 aromatic heterocycles. The molecule has 0 bridgehead atoms. The normalized spacial score (nSPS) is 11.4. The molecule has 0 atom stereocenters. The smallest absolute Gasteiger partial charge is 1.00 e. The van der Waals surface area contributed by atoms with Crippen molar-refractivity contribution in [1.29, 1.82) is 0 Å². The molecule has 0 aromatic carbocycles. The van der Waals surface area contributed by atoms with Gasteiger partial charge in [0.25, 0.3) is 0 Å². The summed E-state index contributed by atoms with van der Waals surface area (Å²) in [6.45, 7) is 3.54. The molecule has 30 valence electrons. The zero-order valence-corrected chi connectivity index (χ0v) is 6.13. The second-order valence-corrected chi connectivity index (χ2v) is 10.1. The third-order valence-corrected chi connectivity index (χ3v) is 0. The van der Waals surface area contributed by atoms with Crippen LogP contribution in [-0.2, 0) is 28.4 Å². The van der Waals surface area contributed by atoms with Crippen LogP contribution in [-0.4, -0.2) is 13.3 Å². The minimum atomic E-state index is -1.58. The first-order valence-corrected chi connectivity index (χ1v) is 6.42. The van der Waals surface area contributed by atoms with E-state index in [9.17, 15) is 4.57 Å². The van der Waals surface area contributed by atoms with Gasteiger partial charge in [-0.25, -0.2) is 0 Å². The van der Waals surface area contributed by atoms with Crippen LogP contribution in [0, 0.1) is 0 Å².